The molecule has 33 heavy (non-hydrogen) atoms. The molecule has 0 fully saturated rings. The van der Waals surface area contributed by atoms with Crippen molar-refractivity contribution in [1.82, 2.24) is 4.90 Å². The zero-order valence-corrected chi connectivity index (χ0v) is 18.6. The Morgan fingerprint density at radius 2 is 1.39 bits per heavy atom. The molecule has 2 amide bonds. The largest absolute Gasteiger partial charge is 0.493 e. The first kappa shape index (κ1) is 22.6. The molecule has 0 aliphatic carbocycles. The van der Waals surface area contributed by atoms with Crippen LogP contribution in [0.1, 0.15) is 46.0 Å². The third-order valence-corrected chi connectivity index (χ3v) is 5.36. The van der Waals surface area contributed by atoms with Crippen LogP contribution in [0, 0.1) is 0 Å². The van der Waals surface area contributed by atoms with Crippen LogP contribution in [-0.2, 0) is 11.3 Å². The summed E-state index contributed by atoms with van der Waals surface area (Å²) < 4.78 is 17.4. The summed E-state index contributed by atoms with van der Waals surface area (Å²) in [5.74, 6) is 0.519. The molecule has 0 aromatic heterocycles. The number of unbranched alkanes of at least 4 members (excludes halogenated alkanes) is 1. The van der Waals surface area contributed by atoms with Crippen molar-refractivity contribution < 1.29 is 23.8 Å². The number of carbonyl (C=O) groups excluding carboxylic acids is 2. The van der Waals surface area contributed by atoms with Crippen LogP contribution >= 0.6 is 0 Å². The maximum atomic E-state index is 12.6. The van der Waals surface area contributed by atoms with E-state index in [0.29, 0.717) is 42.4 Å². The number of hydrogen-bond acceptors (Lipinski definition) is 5. The number of carbonyl (C=O) groups is 2. The fourth-order valence-corrected chi connectivity index (χ4v) is 3.69. The van der Waals surface area contributed by atoms with Crippen LogP contribution < -0.4 is 9.47 Å². The van der Waals surface area contributed by atoms with Crippen molar-refractivity contribution in [2.24, 2.45) is 0 Å². The Balaban J connectivity index is 1.21. The molecular formula is C27H27NO5. The average Bonchev–Trinajstić information content (AvgIpc) is 3.09. The second-order valence-corrected chi connectivity index (χ2v) is 7.81. The number of rotatable bonds is 11. The van der Waals surface area contributed by atoms with E-state index in [2.05, 4.69) is 0 Å². The first-order chi connectivity index (χ1) is 16.1. The van der Waals surface area contributed by atoms with Crippen molar-refractivity contribution in [3.63, 3.8) is 0 Å². The van der Waals surface area contributed by atoms with Gasteiger partial charge >= 0.3 is 0 Å². The molecule has 1 unspecified atom stereocenters. The minimum atomic E-state index is -0.741. The Morgan fingerprint density at radius 1 is 0.758 bits per heavy atom. The highest BCUT2D eigenvalue weighted by Gasteiger charge is 2.39. The van der Waals surface area contributed by atoms with Gasteiger partial charge in [-0.15, -0.1) is 0 Å². The summed E-state index contributed by atoms with van der Waals surface area (Å²) in [4.78, 5) is 26.4. The summed E-state index contributed by atoms with van der Waals surface area (Å²) in [6, 6.07) is 24.1. The molecule has 1 atom stereocenters. The number of amides is 2. The van der Waals surface area contributed by atoms with Gasteiger partial charge in [0.1, 0.15) is 11.5 Å². The molecule has 1 aliphatic heterocycles. The van der Waals surface area contributed by atoms with E-state index in [1.165, 1.54) is 5.56 Å². The second kappa shape index (κ2) is 10.8. The Bertz CT molecular complexity index is 1060. The average molecular weight is 446 g/mol. The van der Waals surface area contributed by atoms with E-state index < -0.39 is 6.23 Å². The first-order valence-electron chi connectivity index (χ1n) is 11.1. The smallest absolute Gasteiger partial charge is 0.264 e. The van der Waals surface area contributed by atoms with Gasteiger partial charge in [0.25, 0.3) is 11.8 Å². The van der Waals surface area contributed by atoms with Gasteiger partial charge in [-0.25, -0.2) is 4.90 Å². The summed E-state index contributed by atoms with van der Waals surface area (Å²) in [5, 5.41) is 0. The van der Waals surface area contributed by atoms with Gasteiger partial charge in [0, 0.05) is 12.7 Å². The number of fused-ring (bicyclic) bond motifs is 1. The molecule has 3 aromatic carbocycles. The van der Waals surface area contributed by atoms with Gasteiger partial charge in [0.05, 0.1) is 24.3 Å². The molecule has 0 radical (unpaired) electrons. The standard InChI is InChI=1S/C27H27NO5/c1-20(28-26(29)24-14-5-6-15-25(24)27(28)30)33-23-13-9-12-22(18-23)32-17-8-7-16-31-19-21-10-3-2-4-11-21/h2-6,9-15,18,20H,7-8,16-17,19H2,1H3. The Labute approximate surface area is 193 Å². The van der Waals surface area contributed by atoms with Crippen molar-refractivity contribution in [2.45, 2.75) is 32.6 Å². The Kier molecular flexibility index (Phi) is 7.37. The van der Waals surface area contributed by atoms with E-state index in [1.54, 1.807) is 43.3 Å². The number of ether oxygens (including phenoxy) is 3. The van der Waals surface area contributed by atoms with Gasteiger partial charge < -0.3 is 14.2 Å². The van der Waals surface area contributed by atoms with Gasteiger partial charge in [0.2, 0.25) is 0 Å². The summed E-state index contributed by atoms with van der Waals surface area (Å²) in [5.41, 5.74) is 1.98. The van der Waals surface area contributed by atoms with Crippen molar-refractivity contribution in [3.8, 4) is 11.5 Å². The number of nitrogens with zero attached hydrogens (tertiary/aromatic N) is 1. The highest BCUT2D eigenvalue weighted by molar-refractivity contribution is 6.21. The number of hydrogen-bond donors (Lipinski definition) is 0. The van der Waals surface area contributed by atoms with Crippen LogP contribution in [0.25, 0.3) is 0 Å². The molecular weight excluding hydrogens is 418 g/mol. The molecule has 0 saturated heterocycles. The molecule has 0 bridgehead atoms. The van der Waals surface area contributed by atoms with Crippen molar-refractivity contribution in [2.75, 3.05) is 13.2 Å². The normalized spacial score (nSPS) is 13.7. The molecule has 0 N–H and O–H groups in total. The monoisotopic (exact) mass is 445 g/mol. The van der Waals surface area contributed by atoms with Gasteiger partial charge in [-0.1, -0.05) is 48.5 Å². The molecule has 0 spiro atoms. The van der Waals surface area contributed by atoms with E-state index in [9.17, 15) is 9.59 Å². The van der Waals surface area contributed by atoms with Gasteiger partial charge in [-0.2, -0.15) is 0 Å². The Hall–Kier alpha value is -3.64. The fourth-order valence-electron chi connectivity index (χ4n) is 3.69. The third-order valence-electron chi connectivity index (χ3n) is 5.36. The molecule has 1 heterocycles. The molecule has 1 aliphatic rings. The number of benzene rings is 3. The van der Waals surface area contributed by atoms with E-state index >= 15 is 0 Å². The van der Waals surface area contributed by atoms with E-state index in [1.807, 2.05) is 42.5 Å². The van der Waals surface area contributed by atoms with Crippen LogP contribution in [0.2, 0.25) is 0 Å². The third kappa shape index (κ3) is 5.59. The summed E-state index contributed by atoms with van der Waals surface area (Å²) >= 11 is 0. The predicted molar refractivity (Wildman–Crippen MR) is 124 cm³/mol. The van der Waals surface area contributed by atoms with Crippen LogP contribution in [0.3, 0.4) is 0 Å². The summed E-state index contributed by atoms with van der Waals surface area (Å²) in [7, 11) is 0. The van der Waals surface area contributed by atoms with Crippen molar-refractivity contribution >= 4 is 11.8 Å². The maximum Gasteiger partial charge on any atom is 0.264 e. The van der Waals surface area contributed by atoms with Crippen molar-refractivity contribution in [3.05, 3.63) is 95.6 Å². The lowest BCUT2D eigenvalue weighted by molar-refractivity contribution is 0.0297. The molecule has 3 aromatic rings. The quantitative estimate of drug-likeness (QED) is 0.304. The topological polar surface area (TPSA) is 65.1 Å². The SMILES string of the molecule is CC(Oc1cccc(OCCCCOCc2ccccc2)c1)N1C(=O)c2ccccc2C1=O. The van der Waals surface area contributed by atoms with Crippen LogP contribution in [0.4, 0.5) is 0 Å². The highest BCUT2D eigenvalue weighted by Crippen LogP contribution is 2.27. The zero-order chi connectivity index (χ0) is 23.0. The molecule has 6 nitrogen and oxygen atoms in total. The van der Waals surface area contributed by atoms with Crippen molar-refractivity contribution in [1.29, 1.82) is 0 Å². The van der Waals surface area contributed by atoms with Gasteiger partial charge in [0.15, 0.2) is 6.23 Å². The van der Waals surface area contributed by atoms with E-state index in [-0.39, 0.29) is 11.8 Å². The zero-order valence-electron chi connectivity index (χ0n) is 18.6. The van der Waals surface area contributed by atoms with Gasteiger partial charge in [-0.05, 0) is 49.6 Å². The highest BCUT2D eigenvalue weighted by atomic mass is 16.5. The van der Waals surface area contributed by atoms with Crippen LogP contribution in [0.5, 0.6) is 11.5 Å². The minimum Gasteiger partial charge on any atom is -0.493 e. The lowest BCUT2D eigenvalue weighted by Crippen LogP contribution is -2.41. The molecule has 0 saturated carbocycles. The Morgan fingerprint density at radius 3 is 2.12 bits per heavy atom. The molecule has 4 rings (SSSR count). The molecule has 170 valence electrons. The summed E-state index contributed by atoms with van der Waals surface area (Å²) in [6.45, 7) is 3.54. The lowest BCUT2D eigenvalue weighted by atomic mass is 10.1. The first-order valence-corrected chi connectivity index (χ1v) is 11.1. The second-order valence-electron chi connectivity index (χ2n) is 7.81. The number of imide groups is 1. The van der Waals surface area contributed by atoms with E-state index in [4.69, 9.17) is 14.2 Å². The predicted octanol–water partition coefficient (Wildman–Crippen LogP) is 5.08. The van der Waals surface area contributed by atoms with Crippen LogP contribution in [0.15, 0.2) is 78.9 Å². The maximum absolute atomic E-state index is 12.6. The van der Waals surface area contributed by atoms with Crippen LogP contribution in [-0.4, -0.2) is 36.2 Å². The van der Waals surface area contributed by atoms with Gasteiger partial charge in [-0.3, -0.25) is 9.59 Å². The summed E-state index contributed by atoms with van der Waals surface area (Å²) in [6.07, 6.45) is 1.03. The lowest BCUT2D eigenvalue weighted by Gasteiger charge is -2.23. The van der Waals surface area contributed by atoms with E-state index in [0.717, 1.165) is 17.7 Å². The minimum absolute atomic E-state index is 0.343. The molecule has 6 heteroatoms. The fraction of sp³-hybridized carbons (Fsp3) is 0.259.